The van der Waals surface area contributed by atoms with Crippen LogP contribution in [-0.4, -0.2) is 42.3 Å². The quantitative estimate of drug-likeness (QED) is 0.408. The van der Waals surface area contributed by atoms with Crippen LogP contribution in [0.3, 0.4) is 0 Å². The Bertz CT molecular complexity index is 747. The Morgan fingerprint density at radius 1 is 1.32 bits per heavy atom. The minimum absolute atomic E-state index is 0.161. The van der Waals surface area contributed by atoms with Gasteiger partial charge in [0.25, 0.3) is 5.91 Å². The van der Waals surface area contributed by atoms with Gasteiger partial charge in [-0.25, -0.2) is 0 Å². The van der Waals surface area contributed by atoms with Crippen molar-refractivity contribution in [1.82, 2.24) is 0 Å². The molecule has 1 N–H and O–H groups in total. The van der Waals surface area contributed by atoms with E-state index in [0.717, 1.165) is 0 Å². The topological polar surface area (TPSA) is 125 Å². The van der Waals surface area contributed by atoms with E-state index in [1.807, 2.05) is 0 Å². The summed E-state index contributed by atoms with van der Waals surface area (Å²) >= 11 is 0. The van der Waals surface area contributed by atoms with Gasteiger partial charge in [0.1, 0.15) is 11.5 Å². The van der Waals surface area contributed by atoms with Crippen molar-refractivity contribution in [2.45, 2.75) is 32.8 Å². The molecule has 1 aromatic rings. The Morgan fingerprint density at radius 2 is 1.96 bits per heavy atom. The highest BCUT2D eigenvalue weighted by Gasteiger charge is 2.44. The number of nitro groups is 1. The molecule has 0 heterocycles. The number of rotatable bonds is 8. The zero-order valence-electron chi connectivity index (χ0n) is 16.0. The third kappa shape index (κ3) is 5.51. The van der Waals surface area contributed by atoms with Gasteiger partial charge in [0.05, 0.1) is 13.5 Å². The van der Waals surface area contributed by atoms with Crippen LogP contribution in [0.1, 0.15) is 26.7 Å². The van der Waals surface area contributed by atoms with E-state index in [-0.39, 0.29) is 31.1 Å². The molecular formula is C19H24N2O7. The van der Waals surface area contributed by atoms with Gasteiger partial charge < -0.3 is 14.8 Å². The van der Waals surface area contributed by atoms with Gasteiger partial charge >= 0.3 is 5.97 Å². The zero-order valence-corrected chi connectivity index (χ0v) is 16.0. The minimum atomic E-state index is -1.07. The van der Waals surface area contributed by atoms with Crippen molar-refractivity contribution in [3.8, 4) is 5.75 Å². The Hall–Kier alpha value is -2.97. The van der Waals surface area contributed by atoms with E-state index in [2.05, 4.69) is 5.32 Å². The summed E-state index contributed by atoms with van der Waals surface area (Å²) in [6.07, 6.45) is -1.12. The fourth-order valence-electron chi connectivity index (χ4n) is 3.40. The molecule has 0 aromatic heterocycles. The van der Waals surface area contributed by atoms with Crippen LogP contribution in [-0.2, 0) is 19.1 Å². The molecule has 0 saturated heterocycles. The van der Waals surface area contributed by atoms with Crippen LogP contribution < -0.4 is 10.1 Å². The number of hydrogen-bond acceptors (Lipinski definition) is 7. The number of Topliss-reactive ketones (excluding diaryl/α,β-unsaturated/α-hetero) is 1. The Morgan fingerprint density at radius 3 is 2.54 bits per heavy atom. The van der Waals surface area contributed by atoms with Crippen molar-refractivity contribution in [3.05, 3.63) is 34.4 Å². The fraction of sp³-hybridized carbons (Fsp3) is 0.526. The van der Waals surface area contributed by atoms with Crippen LogP contribution in [0, 0.1) is 27.9 Å². The van der Waals surface area contributed by atoms with Crippen molar-refractivity contribution in [2.75, 3.05) is 19.0 Å². The molecule has 0 radical (unpaired) electrons. The van der Waals surface area contributed by atoms with Gasteiger partial charge in [0.15, 0.2) is 6.10 Å². The number of anilines is 1. The number of carbonyl (C=O) groups excluding carboxylic acids is 3. The number of nitrogens with zero attached hydrogens (tertiary/aromatic N) is 1. The van der Waals surface area contributed by atoms with Crippen molar-refractivity contribution in [2.24, 2.45) is 17.8 Å². The second-order valence-corrected chi connectivity index (χ2v) is 6.99. The SMILES string of the molecule is COc1ccc(NC(=O)[C@H](C)OC(=O)C[C@H]2C(=O)C[C@@H](C)[C@H]2C[N+](=O)[O-])cc1. The van der Waals surface area contributed by atoms with Gasteiger partial charge in [0.2, 0.25) is 6.54 Å². The Labute approximate surface area is 162 Å². The summed E-state index contributed by atoms with van der Waals surface area (Å²) in [6.45, 7) is 2.82. The lowest BCUT2D eigenvalue weighted by molar-refractivity contribution is -0.490. The highest BCUT2D eigenvalue weighted by molar-refractivity contribution is 5.95. The van der Waals surface area contributed by atoms with E-state index in [1.165, 1.54) is 14.0 Å². The number of hydrogen-bond donors (Lipinski definition) is 1. The molecule has 9 heteroatoms. The molecule has 0 spiro atoms. The molecule has 1 aromatic carbocycles. The number of esters is 1. The first-order valence-corrected chi connectivity index (χ1v) is 9.00. The summed E-state index contributed by atoms with van der Waals surface area (Å²) < 4.78 is 10.2. The van der Waals surface area contributed by atoms with Crippen molar-refractivity contribution in [1.29, 1.82) is 0 Å². The van der Waals surface area contributed by atoms with Gasteiger partial charge in [-0.2, -0.15) is 0 Å². The normalized spacial score (nSPS) is 22.4. The Balaban J connectivity index is 1.90. The van der Waals surface area contributed by atoms with Crippen LogP contribution in [0.25, 0.3) is 0 Å². The lowest BCUT2D eigenvalue weighted by Crippen LogP contribution is -2.32. The second kappa shape index (κ2) is 9.29. The molecule has 0 bridgehead atoms. The standard InChI is InChI=1S/C19H24N2O7/c1-11-8-17(22)15(16(11)10-21(25)26)9-18(23)28-12(2)19(24)20-13-4-6-14(27-3)7-5-13/h4-7,11-12,15-16H,8-10H2,1-3H3,(H,20,24)/t11-,12+,15-,16-/m1/s1. The highest BCUT2D eigenvalue weighted by Crippen LogP contribution is 2.36. The van der Waals surface area contributed by atoms with Crippen LogP contribution in [0.4, 0.5) is 5.69 Å². The van der Waals surface area contributed by atoms with Gasteiger partial charge in [-0.05, 0) is 37.1 Å². The van der Waals surface area contributed by atoms with Crippen LogP contribution in [0.15, 0.2) is 24.3 Å². The number of ether oxygens (including phenoxy) is 2. The maximum Gasteiger partial charge on any atom is 0.307 e. The van der Waals surface area contributed by atoms with Gasteiger partial charge in [0, 0.05) is 28.9 Å². The van der Waals surface area contributed by atoms with Gasteiger partial charge in [-0.1, -0.05) is 6.92 Å². The lowest BCUT2D eigenvalue weighted by atomic mass is 9.88. The maximum atomic E-state index is 12.2. The lowest BCUT2D eigenvalue weighted by Gasteiger charge is -2.18. The van der Waals surface area contributed by atoms with Crippen LogP contribution in [0.2, 0.25) is 0 Å². The van der Waals surface area contributed by atoms with E-state index in [9.17, 15) is 24.5 Å². The monoisotopic (exact) mass is 392 g/mol. The second-order valence-electron chi connectivity index (χ2n) is 6.99. The minimum Gasteiger partial charge on any atom is -0.497 e. The average molecular weight is 392 g/mol. The molecule has 1 aliphatic rings. The molecule has 2 rings (SSSR count). The van der Waals surface area contributed by atoms with Crippen molar-refractivity contribution >= 4 is 23.3 Å². The number of carbonyl (C=O) groups is 3. The third-order valence-corrected chi connectivity index (χ3v) is 4.97. The molecule has 1 amide bonds. The van der Waals surface area contributed by atoms with Gasteiger partial charge in [-0.15, -0.1) is 0 Å². The molecule has 0 unspecified atom stereocenters. The summed E-state index contributed by atoms with van der Waals surface area (Å²) in [6, 6.07) is 6.64. The molecule has 9 nitrogen and oxygen atoms in total. The summed E-state index contributed by atoms with van der Waals surface area (Å²) in [5.41, 5.74) is 0.513. The van der Waals surface area contributed by atoms with E-state index in [4.69, 9.17) is 9.47 Å². The Kier molecular flexibility index (Phi) is 7.08. The highest BCUT2D eigenvalue weighted by atomic mass is 16.6. The zero-order chi connectivity index (χ0) is 20.8. The molecular weight excluding hydrogens is 368 g/mol. The van der Waals surface area contributed by atoms with Crippen LogP contribution >= 0.6 is 0 Å². The first kappa shape index (κ1) is 21.3. The summed E-state index contributed by atoms with van der Waals surface area (Å²) in [5.74, 6) is -2.19. The smallest absolute Gasteiger partial charge is 0.307 e. The predicted octanol–water partition coefficient (Wildman–Crippen LogP) is 2.07. The predicted molar refractivity (Wildman–Crippen MR) is 99.4 cm³/mol. The molecule has 4 atom stereocenters. The molecule has 1 aliphatic carbocycles. The molecule has 1 saturated carbocycles. The fourth-order valence-corrected chi connectivity index (χ4v) is 3.40. The average Bonchev–Trinajstić information content (AvgIpc) is 2.88. The number of methoxy groups -OCH3 is 1. The molecule has 28 heavy (non-hydrogen) atoms. The summed E-state index contributed by atoms with van der Waals surface area (Å²) in [5, 5.41) is 13.5. The number of ketones is 1. The third-order valence-electron chi connectivity index (χ3n) is 4.97. The van der Waals surface area contributed by atoms with Crippen molar-refractivity contribution in [3.63, 3.8) is 0 Å². The first-order valence-electron chi connectivity index (χ1n) is 9.00. The molecule has 152 valence electrons. The summed E-state index contributed by atoms with van der Waals surface area (Å²) in [4.78, 5) is 46.9. The number of nitrogens with one attached hydrogen (secondary N) is 1. The van der Waals surface area contributed by atoms with Crippen molar-refractivity contribution < 1.29 is 28.8 Å². The molecule has 1 fully saturated rings. The number of benzene rings is 1. The summed E-state index contributed by atoms with van der Waals surface area (Å²) in [7, 11) is 1.53. The molecule has 0 aliphatic heterocycles. The van der Waals surface area contributed by atoms with E-state index >= 15 is 0 Å². The first-order chi connectivity index (χ1) is 13.2. The van der Waals surface area contributed by atoms with E-state index in [0.29, 0.717) is 11.4 Å². The number of amides is 1. The largest absolute Gasteiger partial charge is 0.497 e. The van der Waals surface area contributed by atoms with E-state index in [1.54, 1.807) is 31.2 Å². The van der Waals surface area contributed by atoms with Crippen LogP contribution in [0.5, 0.6) is 5.75 Å². The van der Waals surface area contributed by atoms with E-state index < -0.39 is 34.7 Å². The maximum absolute atomic E-state index is 12.2. The van der Waals surface area contributed by atoms with Gasteiger partial charge in [-0.3, -0.25) is 24.5 Å².